The maximum absolute atomic E-state index is 12.5. The van der Waals surface area contributed by atoms with Gasteiger partial charge in [-0.3, -0.25) is 9.35 Å². The highest BCUT2D eigenvalue weighted by atomic mass is 32.2. The molecule has 1 amide bonds. The van der Waals surface area contributed by atoms with Crippen LogP contribution in [0.1, 0.15) is 187 Å². The van der Waals surface area contributed by atoms with Gasteiger partial charge in [-0.2, -0.15) is 8.42 Å². The maximum atomic E-state index is 12.5. The lowest BCUT2D eigenvalue weighted by molar-refractivity contribution is -0.122. The molecule has 2 atom stereocenters. The summed E-state index contributed by atoms with van der Waals surface area (Å²) in [5, 5.41) is 13.2. The Morgan fingerprint density at radius 3 is 1.48 bits per heavy atom. The highest BCUT2D eigenvalue weighted by molar-refractivity contribution is 7.85. The van der Waals surface area contributed by atoms with E-state index in [1.165, 1.54) is 96.3 Å². The summed E-state index contributed by atoms with van der Waals surface area (Å²) in [6.07, 6.45) is 46.6. The third-order valence-corrected chi connectivity index (χ3v) is 9.54. The van der Waals surface area contributed by atoms with Crippen molar-refractivity contribution in [1.29, 1.82) is 0 Å². The fourth-order valence-electron chi connectivity index (χ4n) is 5.82. The summed E-state index contributed by atoms with van der Waals surface area (Å²) >= 11 is 0. The molecule has 0 aromatic carbocycles. The van der Waals surface area contributed by atoms with Gasteiger partial charge in [-0.25, -0.2) is 0 Å². The van der Waals surface area contributed by atoms with Gasteiger partial charge in [0.1, 0.15) is 0 Å². The summed E-state index contributed by atoms with van der Waals surface area (Å²) < 4.78 is 32.4. The zero-order valence-corrected chi connectivity index (χ0v) is 31.9. The van der Waals surface area contributed by atoms with Gasteiger partial charge in [0.2, 0.25) is 5.91 Å². The Bertz CT molecular complexity index is 940. The van der Waals surface area contributed by atoms with Gasteiger partial charge in [0.05, 0.1) is 17.9 Å². The maximum Gasteiger partial charge on any atom is 0.267 e. The second-order valence-corrected chi connectivity index (χ2v) is 15.0. The average molecular weight is 694 g/mol. The number of rotatable bonds is 35. The highest BCUT2D eigenvalue weighted by Crippen LogP contribution is 2.14. The van der Waals surface area contributed by atoms with Gasteiger partial charge in [-0.05, 0) is 51.4 Å². The predicted octanol–water partition coefficient (Wildman–Crippen LogP) is 11.5. The van der Waals surface area contributed by atoms with Crippen molar-refractivity contribution in [2.24, 2.45) is 0 Å². The first-order valence-corrected chi connectivity index (χ1v) is 21.4. The minimum absolute atomic E-state index is 0.283. The van der Waals surface area contributed by atoms with Gasteiger partial charge in [0, 0.05) is 6.42 Å². The van der Waals surface area contributed by atoms with Gasteiger partial charge >= 0.3 is 0 Å². The minimum atomic E-state index is -4.35. The molecule has 0 aliphatic heterocycles. The van der Waals surface area contributed by atoms with E-state index in [9.17, 15) is 22.9 Å². The Balaban J connectivity index is 3.96. The molecule has 48 heavy (non-hydrogen) atoms. The van der Waals surface area contributed by atoms with Crippen LogP contribution >= 0.6 is 0 Å². The molecule has 0 saturated carbocycles. The quantitative estimate of drug-likeness (QED) is 0.0348. The third kappa shape index (κ3) is 35.6. The summed E-state index contributed by atoms with van der Waals surface area (Å²) in [5.41, 5.74) is 0. The van der Waals surface area contributed by atoms with E-state index in [1.54, 1.807) is 6.08 Å². The number of carbonyl (C=O) groups is 1. The van der Waals surface area contributed by atoms with Gasteiger partial charge in [0.25, 0.3) is 10.1 Å². The third-order valence-electron chi connectivity index (χ3n) is 8.76. The van der Waals surface area contributed by atoms with Crippen molar-refractivity contribution in [3.05, 3.63) is 48.6 Å². The van der Waals surface area contributed by atoms with Crippen LogP contribution in [0.4, 0.5) is 0 Å². The Morgan fingerprint density at radius 1 is 0.583 bits per heavy atom. The number of aliphatic hydroxyl groups excluding tert-OH is 1. The van der Waals surface area contributed by atoms with E-state index in [0.717, 1.165) is 70.6 Å². The molecular formula is C41H75NO5S. The fraction of sp³-hybridized carbons (Fsp3) is 0.780. The van der Waals surface area contributed by atoms with Gasteiger partial charge < -0.3 is 10.4 Å². The Labute approximate surface area is 297 Å². The number of unbranched alkanes of at least 4 members (excludes halogenated alkanes) is 21. The number of allylic oxidation sites excluding steroid dienone is 7. The molecule has 3 N–H and O–H groups in total. The first kappa shape index (κ1) is 46.3. The van der Waals surface area contributed by atoms with Crippen molar-refractivity contribution in [1.82, 2.24) is 5.32 Å². The molecule has 0 aliphatic rings. The molecular weight excluding hydrogens is 619 g/mol. The Kier molecular flexibility index (Phi) is 33.9. The van der Waals surface area contributed by atoms with Crippen molar-refractivity contribution in [3.8, 4) is 0 Å². The topological polar surface area (TPSA) is 104 Å². The predicted molar refractivity (Wildman–Crippen MR) is 207 cm³/mol. The normalized spacial score (nSPS) is 13.8. The lowest BCUT2D eigenvalue weighted by Crippen LogP contribution is -2.46. The van der Waals surface area contributed by atoms with E-state index >= 15 is 0 Å². The Hall–Kier alpha value is -1.70. The van der Waals surface area contributed by atoms with Crippen molar-refractivity contribution >= 4 is 16.0 Å². The molecule has 0 saturated heterocycles. The van der Waals surface area contributed by atoms with Crippen molar-refractivity contribution in [3.63, 3.8) is 0 Å². The molecule has 2 unspecified atom stereocenters. The minimum Gasteiger partial charge on any atom is -0.387 e. The molecule has 0 heterocycles. The molecule has 0 aromatic rings. The van der Waals surface area contributed by atoms with Crippen LogP contribution in [0.5, 0.6) is 0 Å². The molecule has 0 aromatic heterocycles. The zero-order valence-electron chi connectivity index (χ0n) is 31.1. The lowest BCUT2D eigenvalue weighted by atomic mass is 10.0. The van der Waals surface area contributed by atoms with Crippen molar-refractivity contribution in [2.75, 3.05) is 5.75 Å². The average Bonchev–Trinajstić information content (AvgIpc) is 3.05. The molecule has 0 rings (SSSR count). The van der Waals surface area contributed by atoms with Crippen LogP contribution in [0.15, 0.2) is 48.6 Å². The van der Waals surface area contributed by atoms with Crippen LogP contribution in [0.3, 0.4) is 0 Å². The van der Waals surface area contributed by atoms with Crippen LogP contribution in [-0.2, 0) is 14.9 Å². The fourth-order valence-corrected chi connectivity index (χ4v) is 6.55. The number of carbonyl (C=O) groups excluding carboxylic acids is 1. The van der Waals surface area contributed by atoms with Gasteiger partial charge in [-0.1, -0.05) is 178 Å². The number of hydrogen-bond acceptors (Lipinski definition) is 4. The summed E-state index contributed by atoms with van der Waals surface area (Å²) in [6.45, 7) is 4.41. The lowest BCUT2D eigenvalue weighted by Gasteiger charge is -2.21. The van der Waals surface area contributed by atoms with E-state index in [2.05, 4.69) is 55.6 Å². The summed E-state index contributed by atoms with van der Waals surface area (Å²) in [5.74, 6) is -0.992. The molecule has 7 heteroatoms. The van der Waals surface area contributed by atoms with E-state index in [-0.39, 0.29) is 12.3 Å². The highest BCUT2D eigenvalue weighted by Gasteiger charge is 2.24. The molecule has 280 valence electrons. The number of hydrogen-bond donors (Lipinski definition) is 3. The summed E-state index contributed by atoms with van der Waals surface area (Å²) in [6, 6.07) is -1.06. The van der Waals surface area contributed by atoms with Crippen molar-refractivity contribution < 1.29 is 22.9 Å². The molecule has 0 spiro atoms. The Morgan fingerprint density at radius 2 is 1.00 bits per heavy atom. The number of aliphatic hydroxyl groups is 1. The van der Waals surface area contributed by atoms with E-state index < -0.39 is 28.0 Å². The van der Waals surface area contributed by atoms with Gasteiger partial charge in [0.15, 0.2) is 0 Å². The summed E-state index contributed by atoms with van der Waals surface area (Å²) in [4.78, 5) is 12.5. The smallest absolute Gasteiger partial charge is 0.267 e. The van der Waals surface area contributed by atoms with Crippen LogP contribution < -0.4 is 5.32 Å². The number of nitrogens with one attached hydrogen (secondary N) is 1. The molecule has 0 fully saturated rings. The van der Waals surface area contributed by atoms with Crippen LogP contribution in [0.25, 0.3) is 0 Å². The standard InChI is InChI=1S/C41H75NO5S/c1-3-5-7-9-11-13-15-17-19-21-23-25-27-29-31-33-35-37-41(44)42-39(38-48(45,46)47)40(43)36-34-32-30-28-26-24-22-20-18-16-14-12-10-8-6-4-2/h5,7,11,13,17,19,34,36,39-40,43H,3-4,6,8-10,12,14-16,18,20-33,35,37-38H2,1-2H3,(H,42,44)(H,45,46,47)/b7-5-,13-11-,19-17-,36-34+. The second-order valence-electron chi connectivity index (χ2n) is 13.5. The van der Waals surface area contributed by atoms with Crippen LogP contribution in [0.2, 0.25) is 0 Å². The van der Waals surface area contributed by atoms with E-state index in [1.807, 2.05) is 6.08 Å². The van der Waals surface area contributed by atoms with Crippen LogP contribution in [0, 0.1) is 0 Å². The summed E-state index contributed by atoms with van der Waals surface area (Å²) in [7, 11) is -4.35. The SMILES string of the molecule is CC/C=C\C/C=C\C/C=C\CCCCCCCCCC(=O)NC(CS(=O)(=O)O)C(O)/C=C/CCCCCCCCCCCCCCCC. The van der Waals surface area contributed by atoms with Gasteiger partial charge in [-0.15, -0.1) is 0 Å². The first-order chi connectivity index (χ1) is 23.3. The van der Waals surface area contributed by atoms with Crippen LogP contribution in [-0.4, -0.2) is 41.9 Å². The molecule has 0 radical (unpaired) electrons. The molecule has 0 aliphatic carbocycles. The van der Waals surface area contributed by atoms with Crippen molar-refractivity contribution in [2.45, 2.75) is 199 Å². The van der Waals surface area contributed by atoms with E-state index in [0.29, 0.717) is 0 Å². The monoisotopic (exact) mass is 694 g/mol. The number of amides is 1. The second kappa shape index (κ2) is 35.1. The van der Waals surface area contributed by atoms with E-state index in [4.69, 9.17) is 0 Å². The molecule has 6 nitrogen and oxygen atoms in total. The largest absolute Gasteiger partial charge is 0.387 e. The zero-order chi connectivity index (χ0) is 35.4. The molecule has 0 bridgehead atoms. The first-order valence-electron chi connectivity index (χ1n) is 19.8.